The Bertz CT molecular complexity index is 946. The Morgan fingerprint density at radius 2 is 1.37 bits per heavy atom. The van der Waals surface area contributed by atoms with Crippen LogP contribution in [0.3, 0.4) is 0 Å². The number of rotatable bonds is 8. The van der Waals surface area contributed by atoms with E-state index in [1.165, 1.54) is 4.90 Å². The van der Waals surface area contributed by atoms with Crippen LogP contribution in [0.2, 0.25) is 0 Å². The van der Waals surface area contributed by atoms with Crippen LogP contribution in [0.1, 0.15) is 19.4 Å². The Balaban J connectivity index is 1.76. The van der Waals surface area contributed by atoms with Crippen LogP contribution >= 0.6 is 0 Å². The van der Waals surface area contributed by atoms with Crippen molar-refractivity contribution in [2.75, 3.05) is 10.2 Å². The maximum atomic E-state index is 13.3. The number of anilines is 2. The number of nitrogens with zero attached hydrogens (tertiary/aromatic N) is 1. The van der Waals surface area contributed by atoms with Gasteiger partial charge in [0.1, 0.15) is 18.7 Å². The number of hydrogen-bond acceptors (Lipinski definition) is 4. The molecule has 0 fully saturated rings. The van der Waals surface area contributed by atoms with Crippen molar-refractivity contribution >= 4 is 23.3 Å². The first-order chi connectivity index (χ1) is 14.6. The van der Waals surface area contributed by atoms with E-state index >= 15 is 0 Å². The van der Waals surface area contributed by atoms with E-state index in [2.05, 4.69) is 5.32 Å². The molecule has 0 saturated heterocycles. The van der Waals surface area contributed by atoms with Gasteiger partial charge in [0.05, 0.1) is 0 Å². The number of nitrogens with one attached hydrogen (secondary N) is 1. The number of esters is 1. The fraction of sp³-hybridized carbons (Fsp3) is 0.200. The second-order valence-electron chi connectivity index (χ2n) is 7.05. The van der Waals surface area contributed by atoms with Crippen molar-refractivity contribution in [3.63, 3.8) is 0 Å². The van der Waals surface area contributed by atoms with Gasteiger partial charge in [0.15, 0.2) is 0 Å². The molecule has 0 aromatic heterocycles. The van der Waals surface area contributed by atoms with Gasteiger partial charge < -0.3 is 10.1 Å². The summed E-state index contributed by atoms with van der Waals surface area (Å²) in [6.45, 7) is 3.64. The lowest BCUT2D eigenvalue weighted by Gasteiger charge is -2.31. The lowest BCUT2D eigenvalue weighted by atomic mass is 10.1. The molecule has 0 aliphatic rings. The van der Waals surface area contributed by atoms with Crippen molar-refractivity contribution < 1.29 is 14.3 Å². The minimum atomic E-state index is -0.774. The quantitative estimate of drug-likeness (QED) is 0.557. The summed E-state index contributed by atoms with van der Waals surface area (Å²) in [5, 5.41) is 3.20. The topological polar surface area (TPSA) is 58.6 Å². The summed E-state index contributed by atoms with van der Waals surface area (Å²) in [6, 6.07) is 26.9. The molecule has 0 aliphatic heterocycles. The summed E-state index contributed by atoms with van der Waals surface area (Å²) in [7, 11) is 0. The third kappa shape index (κ3) is 5.47. The average molecular weight is 402 g/mol. The van der Waals surface area contributed by atoms with Crippen LogP contribution in [0.15, 0.2) is 91.0 Å². The molecule has 0 bridgehead atoms. The van der Waals surface area contributed by atoms with Crippen molar-refractivity contribution in [3.05, 3.63) is 96.6 Å². The Hall–Kier alpha value is -3.60. The molecule has 5 nitrogen and oxygen atoms in total. The number of carbonyl (C=O) groups is 2. The molecule has 0 spiro atoms. The monoisotopic (exact) mass is 402 g/mol. The highest BCUT2D eigenvalue weighted by Gasteiger charge is 2.31. The molecule has 0 heterocycles. The van der Waals surface area contributed by atoms with E-state index in [4.69, 9.17) is 4.74 Å². The minimum Gasteiger partial charge on any atom is -0.459 e. The van der Waals surface area contributed by atoms with Crippen molar-refractivity contribution in [1.82, 2.24) is 0 Å². The first-order valence-electron chi connectivity index (χ1n) is 9.96. The number of hydrogen-bond donors (Lipinski definition) is 1. The Kier molecular flexibility index (Phi) is 7.22. The highest BCUT2D eigenvalue weighted by atomic mass is 16.5. The molecule has 3 aromatic rings. The summed E-state index contributed by atoms with van der Waals surface area (Å²) >= 11 is 0. The lowest BCUT2D eigenvalue weighted by Crippen LogP contribution is -2.49. The van der Waals surface area contributed by atoms with Gasteiger partial charge in [-0.25, -0.2) is 4.79 Å². The smallest absolute Gasteiger partial charge is 0.329 e. The Morgan fingerprint density at radius 3 is 1.97 bits per heavy atom. The van der Waals surface area contributed by atoms with E-state index in [1.807, 2.05) is 91.0 Å². The van der Waals surface area contributed by atoms with Gasteiger partial charge in [-0.15, -0.1) is 0 Å². The first-order valence-corrected chi connectivity index (χ1v) is 9.96. The zero-order valence-electron chi connectivity index (χ0n) is 17.2. The number of amides is 1. The van der Waals surface area contributed by atoms with E-state index in [0.717, 1.165) is 11.3 Å². The van der Waals surface area contributed by atoms with Crippen LogP contribution in [0.25, 0.3) is 0 Å². The maximum Gasteiger partial charge on any atom is 0.329 e. The van der Waals surface area contributed by atoms with Crippen LogP contribution in [-0.4, -0.2) is 24.0 Å². The second-order valence-corrected chi connectivity index (χ2v) is 7.05. The van der Waals surface area contributed by atoms with Gasteiger partial charge in [0.2, 0.25) is 5.91 Å². The van der Waals surface area contributed by atoms with E-state index < -0.39 is 18.1 Å². The summed E-state index contributed by atoms with van der Waals surface area (Å²) < 4.78 is 5.49. The number of carbonyl (C=O) groups excluding carboxylic acids is 2. The largest absolute Gasteiger partial charge is 0.459 e. The summed E-state index contributed by atoms with van der Waals surface area (Å²) in [5.74, 6) is -0.669. The highest BCUT2D eigenvalue weighted by molar-refractivity contribution is 6.03. The van der Waals surface area contributed by atoms with Crippen LogP contribution in [-0.2, 0) is 20.9 Å². The molecule has 3 rings (SSSR count). The number of benzene rings is 3. The predicted octanol–water partition coefficient (Wildman–Crippen LogP) is 4.65. The van der Waals surface area contributed by atoms with Gasteiger partial charge in [-0.2, -0.15) is 0 Å². The third-order valence-corrected chi connectivity index (χ3v) is 4.75. The Labute approximate surface area is 177 Å². The lowest BCUT2D eigenvalue weighted by molar-refractivity contribution is -0.147. The fourth-order valence-electron chi connectivity index (χ4n) is 3.14. The summed E-state index contributed by atoms with van der Waals surface area (Å²) in [4.78, 5) is 27.6. The highest BCUT2D eigenvalue weighted by Crippen LogP contribution is 2.20. The molecule has 154 valence electrons. The second kappa shape index (κ2) is 10.3. The molecule has 30 heavy (non-hydrogen) atoms. The summed E-state index contributed by atoms with van der Waals surface area (Å²) in [5.41, 5.74) is 2.38. The zero-order valence-corrected chi connectivity index (χ0v) is 17.2. The van der Waals surface area contributed by atoms with Gasteiger partial charge in [0, 0.05) is 11.4 Å². The van der Waals surface area contributed by atoms with Gasteiger partial charge in [-0.1, -0.05) is 66.7 Å². The summed E-state index contributed by atoms with van der Waals surface area (Å²) in [6.07, 6.45) is 0. The van der Waals surface area contributed by atoms with E-state index in [9.17, 15) is 9.59 Å². The molecular formula is C25H26N2O3. The normalized spacial score (nSPS) is 12.5. The molecule has 3 aromatic carbocycles. The molecule has 0 saturated carbocycles. The van der Waals surface area contributed by atoms with Gasteiger partial charge in [0.25, 0.3) is 0 Å². The molecule has 0 aliphatic carbocycles. The maximum absolute atomic E-state index is 13.3. The third-order valence-electron chi connectivity index (χ3n) is 4.75. The van der Waals surface area contributed by atoms with Crippen LogP contribution < -0.4 is 10.2 Å². The van der Waals surface area contributed by atoms with Gasteiger partial charge >= 0.3 is 5.97 Å². The number of para-hydroxylation sites is 2. The van der Waals surface area contributed by atoms with Crippen molar-refractivity contribution in [1.29, 1.82) is 0 Å². The number of ether oxygens (including phenoxy) is 1. The van der Waals surface area contributed by atoms with Crippen molar-refractivity contribution in [3.8, 4) is 0 Å². The fourth-order valence-corrected chi connectivity index (χ4v) is 3.14. The van der Waals surface area contributed by atoms with Crippen LogP contribution in [0.4, 0.5) is 11.4 Å². The molecule has 0 radical (unpaired) electrons. The SMILES string of the molecule is CC(Nc1ccccc1)C(=O)N(c1ccccc1)C(C)C(=O)OCc1ccccc1. The van der Waals surface area contributed by atoms with E-state index in [1.54, 1.807) is 13.8 Å². The molecule has 5 heteroatoms. The van der Waals surface area contributed by atoms with Crippen LogP contribution in [0, 0.1) is 0 Å². The van der Waals surface area contributed by atoms with E-state index in [0.29, 0.717) is 5.69 Å². The van der Waals surface area contributed by atoms with Crippen molar-refractivity contribution in [2.24, 2.45) is 0 Å². The average Bonchev–Trinajstić information content (AvgIpc) is 2.79. The standard InChI is InChI=1S/C25H26N2O3/c1-19(26-22-14-8-4-9-15-22)24(28)27(23-16-10-5-11-17-23)20(2)25(29)30-18-21-12-6-3-7-13-21/h3-17,19-20,26H,18H2,1-2H3. The molecule has 2 unspecified atom stereocenters. The molecule has 1 N–H and O–H groups in total. The zero-order chi connectivity index (χ0) is 21.3. The van der Waals surface area contributed by atoms with Crippen LogP contribution in [0.5, 0.6) is 0 Å². The van der Waals surface area contributed by atoms with Gasteiger partial charge in [-0.3, -0.25) is 9.69 Å². The molecule has 2 atom stereocenters. The Morgan fingerprint density at radius 1 is 0.833 bits per heavy atom. The van der Waals surface area contributed by atoms with E-state index in [-0.39, 0.29) is 12.5 Å². The van der Waals surface area contributed by atoms with Crippen molar-refractivity contribution in [2.45, 2.75) is 32.5 Å². The predicted molar refractivity (Wildman–Crippen MR) is 119 cm³/mol. The molecule has 1 amide bonds. The minimum absolute atomic E-state index is 0.165. The first kappa shape index (κ1) is 21.1. The van der Waals surface area contributed by atoms with Gasteiger partial charge in [-0.05, 0) is 43.7 Å². The molecular weight excluding hydrogens is 376 g/mol.